The Morgan fingerprint density at radius 2 is 1.96 bits per heavy atom. The van der Waals surface area contributed by atoms with Crippen LogP contribution in [0, 0.1) is 17.1 Å². The molecule has 0 fully saturated rings. The van der Waals surface area contributed by atoms with Crippen molar-refractivity contribution in [2.75, 3.05) is 22.4 Å². The fourth-order valence-corrected chi connectivity index (χ4v) is 3.11. The van der Waals surface area contributed by atoms with Crippen LogP contribution in [-0.2, 0) is 14.8 Å². The van der Waals surface area contributed by atoms with Gasteiger partial charge in [0.15, 0.2) is 0 Å². The van der Waals surface area contributed by atoms with E-state index in [0.29, 0.717) is 11.3 Å². The van der Waals surface area contributed by atoms with Gasteiger partial charge in [0.25, 0.3) is 0 Å². The SMILES string of the molecule is CS(=O)(=O)N(CCC(=O)Nc1ccccc1F)c1cccc(C#N)c1. The van der Waals surface area contributed by atoms with E-state index in [2.05, 4.69) is 5.32 Å². The molecule has 0 aliphatic carbocycles. The molecule has 0 bridgehead atoms. The predicted molar refractivity (Wildman–Crippen MR) is 93.0 cm³/mol. The number of anilines is 2. The second-order valence-corrected chi connectivity index (χ2v) is 7.18. The highest BCUT2D eigenvalue weighted by molar-refractivity contribution is 7.92. The molecule has 1 N–H and O–H groups in total. The smallest absolute Gasteiger partial charge is 0.232 e. The van der Waals surface area contributed by atoms with E-state index >= 15 is 0 Å². The molecule has 0 unspecified atom stereocenters. The third-order valence-corrected chi connectivity index (χ3v) is 4.55. The normalized spacial score (nSPS) is 10.8. The zero-order valence-corrected chi connectivity index (χ0v) is 14.3. The Hall–Kier alpha value is -2.92. The zero-order chi connectivity index (χ0) is 18.4. The number of carbonyl (C=O) groups is 1. The van der Waals surface area contributed by atoms with Crippen LogP contribution < -0.4 is 9.62 Å². The lowest BCUT2D eigenvalue weighted by molar-refractivity contribution is -0.116. The van der Waals surface area contributed by atoms with Crippen molar-refractivity contribution < 1.29 is 17.6 Å². The summed E-state index contributed by atoms with van der Waals surface area (Å²) in [5, 5.41) is 11.3. The number of para-hydroxylation sites is 1. The maximum atomic E-state index is 13.5. The molecule has 0 aliphatic heterocycles. The molecular weight excluding hydrogens is 345 g/mol. The minimum atomic E-state index is -3.65. The van der Waals surface area contributed by atoms with Gasteiger partial charge in [0.1, 0.15) is 5.82 Å². The van der Waals surface area contributed by atoms with Gasteiger partial charge in [-0.05, 0) is 30.3 Å². The van der Waals surface area contributed by atoms with Gasteiger partial charge in [-0.3, -0.25) is 9.10 Å². The number of nitriles is 1. The van der Waals surface area contributed by atoms with E-state index in [1.54, 1.807) is 18.2 Å². The van der Waals surface area contributed by atoms with Gasteiger partial charge in [0.05, 0.1) is 29.3 Å². The molecule has 130 valence electrons. The molecule has 0 saturated heterocycles. The number of hydrogen-bond acceptors (Lipinski definition) is 4. The molecule has 1 amide bonds. The third-order valence-electron chi connectivity index (χ3n) is 3.35. The molecule has 0 saturated carbocycles. The highest BCUT2D eigenvalue weighted by Crippen LogP contribution is 2.20. The van der Waals surface area contributed by atoms with Crippen LogP contribution in [0.4, 0.5) is 15.8 Å². The predicted octanol–water partition coefficient (Wildman–Crippen LogP) is 2.49. The molecule has 8 heteroatoms. The molecule has 0 spiro atoms. The lowest BCUT2D eigenvalue weighted by atomic mass is 10.2. The number of halogens is 1. The fourth-order valence-electron chi connectivity index (χ4n) is 2.20. The fraction of sp³-hybridized carbons (Fsp3) is 0.176. The largest absolute Gasteiger partial charge is 0.324 e. The van der Waals surface area contributed by atoms with Gasteiger partial charge in [-0.2, -0.15) is 5.26 Å². The lowest BCUT2D eigenvalue weighted by Gasteiger charge is -2.22. The average Bonchev–Trinajstić information content (AvgIpc) is 2.56. The monoisotopic (exact) mass is 361 g/mol. The van der Waals surface area contributed by atoms with E-state index in [9.17, 15) is 17.6 Å². The number of hydrogen-bond donors (Lipinski definition) is 1. The van der Waals surface area contributed by atoms with E-state index in [0.717, 1.165) is 10.6 Å². The molecule has 6 nitrogen and oxygen atoms in total. The summed E-state index contributed by atoms with van der Waals surface area (Å²) in [5.41, 5.74) is 0.632. The minimum absolute atomic E-state index is 0.0323. The van der Waals surface area contributed by atoms with E-state index in [1.807, 2.05) is 6.07 Å². The molecule has 2 aromatic rings. The van der Waals surface area contributed by atoms with Gasteiger partial charge in [0.2, 0.25) is 15.9 Å². The molecule has 2 aromatic carbocycles. The van der Waals surface area contributed by atoms with Crippen molar-refractivity contribution in [2.45, 2.75) is 6.42 Å². The number of nitrogens with zero attached hydrogens (tertiary/aromatic N) is 2. The molecule has 0 aromatic heterocycles. The summed E-state index contributed by atoms with van der Waals surface area (Å²) in [7, 11) is -3.65. The number of rotatable bonds is 6. The van der Waals surface area contributed by atoms with E-state index in [-0.39, 0.29) is 18.7 Å². The summed E-state index contributed by atoms with van der Waals surface area (Å²) in [6.07, 6.45) is 0.846. The van der Waals surface area contributed by atoms with Crippen molar-refractivity contribution in [2.24, 2.45) is 0 Å². The number of carbonyl (C=O) groups excluding carboxylic acids is 1. The third kappa shape index (κ3) is 5.02. The molecule has 2 rings (SSSR count). The van der Waals surface area contributed by atoms with Crippen LogP contribution in [0.1, 0.15) is 12.0 Å². The number of sulfonamides is 1. The zero-order valence-electron chi connectivity index (χ0n) is 13.4. The van der Waals surface area contributed by atoms with Gasteiger partial charge < -0.3 is 5.32 Å². The minimum Gasteiger partial charge on any atom is -0.324 e. The van der Waals surface area contributed by atoms with Crippen LogP contribution in [0.3, 0.4) is 0 Å². The van der Waals surface area contributed by atoms with Gasteiger partial charge >= 0.3 is 0 Å². The van der Waals surface area contributed by atoms with Crippen LogP contribution in [0.5, 0.6) is 0 Å². The van der Waals surface area contributed by atoms with Crippen molar-refractivity contribution in [3.8, 4) is 6.07 Å². The highest BCUT2D eigenvalue weighted by Gasteiger charge is 2.19. The van der Waals surface area contributed by atoms with Crippen molar-refractivity contribution >= 4 is 27.3 Å². The van der Waals surface area contributed by atoms with Crippen molar-refractivity contribution in [1.82, 2.24) is 0 Å². The van der Waals surface area contributed by atoms with Crippen molar-refractivity contribution in [1.29, 1.82) is 5.26 Å². The summed E-state index contributed by atoms with van der Waals surface area (Å²) in [5.74, 6) is -1.09. The molecule has 0 aliphatic rings. The first-order valence-electron chi connectivity index (χ1n) is 7.33. The molecule has 0 atom stereocenters. The molecule has 0 radical (unpaired) electrons. The molecule has 0 heterocycles. The second kappa shape index (κ2) is 7.77. The Labute approximate surface area is 145 Å². The second-order valence-electron chi connectivity index (χ2n) is 5.28. The van der Waals surface area contributed by atoms with Gasteiger partial charge in [-0.15, -0.1) is 0 Å². The first-order chi connectivity index (χ1) is 11.8. The summed E-state index contributed by atoms with van der Waals surface area (Å²) in [6, 6.07) is 13.7. The van der Waals surface area contributed by atoms with Crippen LogP contribution in [0.15, 0.2) is 48.5 Å². The Bertz CT molecular complexity index is 923. The van der Waals surface area contributed by atoms with E-state index in [1.165, 1.54) is 30.3 Å². The number of nitrogens with one attached hydrogen (secondary N) is 1. The maximum absolute atomic E-state index is 13.5. The Kier molecular flexibility index (Phi) is 5.72. The molecular formula is C17H16FN3O3S. The average molecular weight is 361 g/mol. The summed E-state index contributed by atoms with van der Waals surface area (Å²) in [4.78, 5) is 12.0. The van der Waals surface area contributed by atoms with E-state index < -0.39 is 21.7 Å². The van der Waals surface area contributed by atoms with Gasteiger partial charge in [-0.1, -0.05) is 18.2 Å². The van der Waals surface area contributed by atoms with Crippen molar-refractivity contribution in [3.63, 3.8) is 0 Å². The number of benzene rings is 2. The van der Waals surface area contributed by atoms with Crippen LogP contribution >= 0.6 is 0 Å². The Balaban J connectivity index is 2.12. The van der Waals surface area contributed by atoms with Gasteiger partial charge in [-0.25, -0.2) is 12.8 Å². The summed E-state index contributed by atoms with van der Waals surface area (Å²) < 4.78 is 38.6. The lowest BCUT2D eigenvalue weighted by Crippen LogP contribution is -2.33. The standard InChI is InChI=1S/C17H16FN3O3S/c1-25(23,24)21(14-6-4-5-13(11-14)12-19)10-9-17(22)20-16-8-3-2-7-15(16)18/h2-8,11H,9-10H2,1H3,(H,20,22). The maximum Gasteiger partial charge on any atom is 0.232 e. The quantitative estimate of drug-likeness (QED) is 0.856. The summed E-state index contributed by atoms with van der Waals surface area (Å²) in [6.45, 7) is -0.131. The Morgan fingerprint density at radius 3 is 2.60 bits per heavy atom. The summed E-state index contributed by atoms with van der Waals surface area (Å²) >= 11 is 0. The van der Waals surface area contributed by atoms with Gasteiger partial charge in [0, 0.05) is 13.0 Å². The first-order valence-corrected chi connectivity index (χ1v) is 9.18. The number of amides is 1. The van der Waals surface area contributed by atoms with Crippen LogP contribution in [-0.4, -0.2) is 27.1 Å². The van der Waals surface area contributed by atoms with Crippen LogP contribution in [0.25, 0.3) is 0 Å². The van der Waals surface area contributed by atoms with E-state index in [4.69, 9.17) is 5.26 Å². The topological polar surface area (TPSA) is 90.3 Å². The Morgan fingerprint density at radius 1 is 1.24 bits per heavy atom. The first kappa shape index (κ1) is 18.4. The molecule has 25 heavy (non-hydrogen) atoms. The highest BCUT2D eigenvalue weighted by atomic mass is 32.2. The van der Waals surface area contributed by atoms with Crippen molar-refractivity contribution in [3.05, 3.63) is 59.9 Å². The van der Waals surface area contributed by atoms with Crippen LogP contribution in [0.2, 0.25) is 0 Å².